The molecule has 2 heteroatoms. The number of methoxy groups -OCH3 is 1. The summed E-state index contributed by atoms with van der Waals surface area (Å²) in [6.07, 6.45) is 0. The van der Waals surface area contributed by atoms with E-state index in [0.717, 1.165) is 0 Å². The summed E-state index contributed by atoms with van der Waals surface area (Å²) < 4.78 is 5.13. The zero-order valence-corrected chi connectivity index (χ0v) is 9.10. The van der Waals surface area contributed by atoms with Crippen molar-refractivity contribution >= 4 is 16.5 Å². The van der Waals surface area contributed by atoms with Crippen LogP contribution in [0.4, 0.5) is 5.69 Å². The highest BCUT2D eigenvalue weighted by Gasteiger charge is 2.03. The Hall–Kier alpha value is -1.54. The molecule has 15 heavy (non-hydrogen) atoms. The Bertz CT molecular complexity index is 448. The first kappa shape index (κ1) is 9.99. The van der Waals surface area contributed by atoms with Crippen molar-refractivity contribution in [3.8, 4) is 0 Å². The molecule has 2 nitrogen and oxygen atoms in total. The summed E-state index contributed by atoms with van der Waals surface area (Å²) in [6, 6.07) is 14.7. The number of fused-ring (bicyclic) bond motifs is 1. The third-order valence-corrected chi connectivity index (χ3v) is 2.50. The van der Waals surface area contributed by atoms with E-state index in [9.17, 15) is 0 Å². The molecule has 2 rings (SSSR count). The van der Waals surface area contributed by atoms with Gasteiger partial charge >= 0.3 is 0 Å². The second-order valence-corrected chi connectivity index (χ2v) is 3.61. The molecule has 0 saturated heterocycles. The van der Waals surface area contributed by atoms with Crippen LogP contribution in [0, 0.1) is 0 Å². The molecule has 0 spiro atoms. The fourth-order valence-corrected chi connectivity index (χ4v) is 1.80. The SMILES string of the molecule is COCN(C)c1cccc2ccccc12. The van der Waals surface area contributed by atoms with Crippen molar-refractivity contribution in [1.82, 2.24) is 0 Å². The summed E-state index contributed by atoms with van der Waals surface area (Å²) in [5.74, 6) is 0. The Kier molecular flexibility index (Phi) is 2.88. The molecule has 0 aliphatic rings. The number of hydrogen-bond acceptors (Lipinski definition) is 2. The second kappa shape index (κ2) is 4.32. The first-order valence-corrected chi connectivity index (χ1v) is 5.01. The van der Waals surface area contributed by atoms with Crippen molar-refractivity contribution in [2.45, 2.75) is 0 Å². The molecule has 0 unspecified atom stereocenters. The van der Waals surface area contributed by atoms with E-state index in [-0.39, 0.29) is 0 Å². The van der Waals surface area contributed by atoms with Gasteiger partial charge in [-0.15, -0.1) is 0 Å². The summed E-state index contributed by atoms with van der Waals surface area (Å²) >= 11 is 0. The molecular formula is C13H15NO. The van der Waals surface area contributed by atoms with Gasteiger partial charge < -0.3 is 9.64 Å². The van der Waals surface area contributed by atoms with Crippen molar-refractivity contribution in [2.24, 2.45) is 0 Å². The fourth-order valence-electron chi connectivity index (χ4n) is 1.80. The average Bonchev–Trinajstić information content (AvgIpc) is 2.28. The van der Waals surface area contributed by atoms with Crippen molar-refractivity contribution in [3.63, 3.8) is 0 Å². The number of anilines is 1. The quantitative estimate of drug-likeness (QED) is 0.708. The van der Waals surface area contributed by atoms with Gasteiger partial charge in [-0.3, -0.25) is 0 Å². The molecule has 0 heterocycles. The van der Waals surface area contributed by atoms with Crippen molar-refractivity contribution in [1.29, 1.82) is 0 Å². The molecule has 0 fully saturated rings. The van der Waals surface area contributed by atoms with Crippen molar-refractivity contribution in [2.75, 3.05) is 25.8 Å². The van der Waals surface area contributed by atoms with E-state index in [4.69, 9.17) is 4.74 Å². The minimum absolute atomic E-state index is 0.605. The number of ether oxygens (including phenoxy) is 1. The minimum Gasteiger partial charge on any atom is -0.364 e. The van der Waals surface area contributed by atoms with Crippen LogP contribution < -0.4 is 4.90 Å². The van der Waals surface area contributed by atoms with Crippen LogP contribution in [0.5, 0.6) is 0 Å². The highest BCUT2D eigenvalue weighted by atomic mass is 16.5. The van der Waals surface area contributed by atoms with Crippen LogP contribution in [0.1, 0.15) is 0 Å². The lowest BCUT2D eigenvalue weighted by Gasteiger charge is -2.19. The van der Waals surface area contributed by atoms with Crippen LogP contribution in [-0.4, -0.2) is 20.9 Å². The first-order valence-electron chi connectivity index (χ1n) is 5.01. The molecule has 0 atom stereocenters. The van der Waals surface area contributed by atoms with E-state index in [1.807, 2.05) is 7.05 Å². The Balaban J connectivity index is 2.50. The van der Waals surface area contributed by atoms with E-state index >= 15 is 0 Å². The Morgan fingerprint density at radius 2 is 1.80 bits per heavy atom. The van der Waals surface area contributed by atoms with Gasteiger partial charge in [-0.05, 0) is 11.5 Å². The number of hydrogen-bond donors (Lipinski definition) is 0. The van der Waals surface area contributed by atoms with Gasteiger partial charge in [-0.2, -0.15) is 0 Å². The molecule has 0 radical (unpaired) electrons. The van der Waals surface area contributed by atoms with Crippen molar-refractivity contribution < 1.29 is 4.74 Å². The van der Waals surface area contributed by atoms with Gasteiger partial charge in [0.2, 0.25) is 0 Å². The Labute approximate surface area is 90.1 Å². The number of benzene rings is 2. The van der Waals surface area contributed by atoms with Crippen LogP contribution in [0.25, 0.3) is 10.8 Å². The maximum absolute atomic E-state index is 5.13. The van der Waals surface area contributed by atoms with Gasteiger partial charge in [0.05, 0.1) is 0 Å². The molecule has 0 amide bonds. The van der Waals surface area contributed by atoms with E-state index in [1.165, 1.54) is 16.5 Å². The van der Waals surface area contributed by atoms with Gasteiger partial charge in [0.25, 0.3) is 0 Å². The summed E-state index contributed by atoms with van der Waals surface area (Å²) in [7, 11) is 3.74. The zero-order chi connectivity index (χ0) is 10.7. The van der Waals surface area contributed by atoms with Crippen LogP contribution in [0.3, 0.4) is 0 Å². The Morgan fingerprint density at radius 1 is 1.07 bits per heavy atom. The molecule has 0 aromatic heterocycles. The second-order valence-electron chi connectivity index (χ2n) is 3.61. The topological polar surface area (TPSA) is 12.5 Å². The molecular weight excluding hydrogens is 186 g/mol. The molecule has 0 N–H and O–H groups in total. The lowest BCUT2D eigenvalue weighted by Crippen LogP contribution is -2.19. The zero-order valence-electron chi connectivity index (χ0n) is 9.10. The summed E-state index contributed by atoms with van der Waals surface area (Å²) in [4.78, 5) is 2.10. The summed E-state index contributed by atoms with van der Waals surface area (Å²) in [6.45, 7) is 0.605. The third-order valence-electron chi connectivity index (χ3n) is 2.50. The van der Waals surface area contributed by atoms with Gasteiger partial charge in [-0.1, -0.05) is 36.4 Å². The first-order chi connectivity index (χ1) is 7.33. The molecule has 2 aromatic carbocycles. The minimum atomic E-state index is 0.605. The van der Waals surface area contributed by atoms with E-state index < -0.39 is 0 Å². The number of nitrogens with zero attached hydrogens (tertiary/aromatic N) is 1. The normalized spacial score (nSPS) is 10.5. The largest absolute Gasteiger partial charge is 0.364 e. The van der Waals surface area contributed by atoms with Gasteiger partial charge in [-0.25, -0.2) is 0 Å². The average molecular weight is 201 g/mol. The van der Waals surface area contributed by atoms with Crippen LogP contribution in [0.15, 0.2) is 42.5 Å². The van der Waals surface area contributed by atoms with Gasteiger partial charge in [0.15, 0.2) is 0 Å². The summed E-state index contributed by atoms with van der Waals surface area (Å²) in [5.41, 5.74) is 1.20. The molecule has 0 aliphatic carbocycles. The van der Waals surface area contributed by atoms with E-state index in [2.05, 4.69) is 47.4 Å². The highest BCUT2D eigenvalue weighted by molar-refractivity contribution is 5.94. The predicted octanol–water partition coefficient (Wildman–Crippen LogP) is 2.88. The highest BCUT2D eigenvalue weighted by Crippen LogP contribution is 2.25. The maximum Gasteiger partial charge on any atom is 0.118 e. The standard InChI is InChI=1S/C13H15NO/c1-14(10-15-2)13-9-5-7-11-6-3-4-8-12(11)13/h3-9H,10H2,1-2H3. The lowest BCUT2D eigenvalue weighted by molar-refractivity contribution is 0.202. The van der Waals surface area contributed by atoms with Crippen LogP contribution in [-0.2, 0) is 4.74 Å². The van der Waals surface area contributed by atoms with Gasteiger partial charge in [0.1, 0.15) is 6.73 Å². The Morgan fingerprint density at radius 3 is 2.60 bits per heavy atom. The smallest absolute Gasteiger partial charge is 0.118 e. The maximum atomic E-state index is 5.13. The molecule has 0 aliphatic heterocycles. The predicted molar refractivity (Wildman–Crippen MR) is 64.2 cm³/mol. The van der Waals surface area contributed by atoms with E-state index in [1.54, 1.807) is 7.11 Å². The molecule has 0 bridgehead atoms. The fraction of sp³-hybridized carbons (Fsp3) is 0.231. The molecule has 0 saturated carbocycles. The van der Waals surface area contributed by atoms with Crippen LogP contribution >= 0.6 is 0 Å². The molecule has 2 aromatic rings. The third kappa shape index (κ3) is 1.95. The number of rotatable bonds is 3. The van der Waals surface area contributed by atoms with E-state index in [0.29, 0.717) is 6.73 Å². The van der Waals surface area contributed by atoms with Crippen molar-refractivity contribution in [3.05, 3.63) is 42.5 Å². The van der Waals surface area contributed by atoms with Crippen LogP contribution in [0.2, 0.25) is 0 Å². The summed E-state index contributed by atoms with van der Waals surface area (Å²) in [5, 5.41) is 2.53. The monoisotopic (exact) mass is 201 g/mol. The lowest BCUT2D eigenvalue weighted by atomic mass is 10.1. The molecule has 78 valence electrons. The van der Waals surface area contributed by atoms with Gasteiger partial charge in [0, 0.05) is 25.2 Å².